The van der Waals surface area contributed by atoms with Crippen molar-refractivity contribution in [1.29, 1.82) is 0 Å². The Morgan fingerprint density at radius 1 is 1.11 bits per heavy atom. The van der Waals surface area contributed by atoms with Gasteiger partial charge in [-0.1, -0.05) is 32.0 Å². The van der Waals surface area contributed by atoms with Crippen LogP contribution in [0.4, 0.5) is 0 Å². The Balaban J connectivity index is 2.72. The molecule has 0 amide bonds. The molecule has 0 spiro atoms. The summed E-state index contributed by atoms with van der Waals surface area (Å²) in [5.41, 5.74) is 6.38. The maximum absolute atomic E-state index is 7.04. The van der Waals surface area contributed by atoms with Gasteiger partial charge in [0.25, 0.3) is 11.9 Å². The molecule has 0 atom stereocenters. The Bertz CT molecular complexity index is 593. The summed E-state index contributed by atoms with van der Waals surface area (Å²) in [6.07, 6.45) is 0. The second-order valence-corrected chi connectivity index (χ2v) is 5.78. The van der Waals surface area contributed by atoms with E-state index in [1.807, 2.05) is 0 Å². The smallest absolute Gasteiger partial charge is 0.223 e. The first kappa shape index (κ1) is 13.0. The molecule has 0 N–H and O–H groups in total. The first-order valence-electron chi connectivity index (χ1n) is 6.12. The molecule has 1 nitrogen and oxygen atoms in total. The van der Waals surface area contributed by atoms with E-state index >= 15 is 0 Å². The SMILES string of the molecule is [C-]#[N+]Sc1cc(C)c2cc(C(C)C)ccc(C)c1-2. The van der Waals surface area contributed by atoms with Gasteiger partial charge < -0.3 is 0 Å². The summed E-state index contributed by atoms with van der Waals surface area (Å²) in [7, 11) is 0. The highest BCUT2D eigenvalue weighted by Crippen LogP contribution is 2.41. The average Bonchev–Trinajstić information content (AvgIpc) is 2.50. The monoisotopic (exact) mass is 255 g/mol. The molecular formula is C16H17NS. The first-order chi connectivity index (χ1) is 8.54. The number of rotatable bonds is 2. The van der Waals surface area contributed by atoms with E-state index in [-0.39, 0.29) is 0 Å². The van der Waals surface area contributed by atoms with Gasteiger partial charge in [0.15, 0.2) is 0 Å². The molecule has 0 aromatic rings. The van der Waals surface area contributed by atoms with Crippen LogP contribution < -0.4 is 0 Å². The van der Waals surface area contributed by atoms with E-state index < -0.39 is 0 Å². The van der Waals surface area contributed by atoms with E-state index in [1.54, 1.807) is 0 Å². The lowest BCUT2D eigenvalue weighted by atomic mass is 10.0. The van der Waals surface area contributed by atoms with Gasteiger partial charge in [-0.3, -0.25) is 0 Å². The topological polar surface area (TPSA) is 4.36 Å². The Morgan fingerprint density at radius 3 is 2.44 bits per heavy atom. The number of fused-ring (bicyclic) bond motifs is 1. The molecule has 2 rings (SSSR count). The van der Waals surface area contributed by atoms with Crippen molar-refractivity contribution in [2.24, 2.45) is 0 Å². The van der Waals surface area contributed by atoms with Crippen LogP contribution in [0, 0.1) is 20.4 Å². The number of nitrogens with zero attached hydrogens (tertiary/aromatic N) is 1. The van der Waals surface area contributed by atoms with Gasteiger partial charge in [-0.15, -0.1) is 0 Å². The van der Waals surface area contributed by atoms with Crippen LogP contribution >= 0.6 is 11.9 Å². The van der Waals surface area contributed by atoms with E-state index in [4.69, 9.17) is 6.57 Å². The molecule has 0 radical (unpaired) electrons. The summed E-state index contributed by atoms with van der Waals surface area (Å²) in [5.74, 6) is 0.520. The maximum Gasteiger partial charge on any atom is 0.295 e. The molecule has 92 valence electrons. The van der Waals surface area contributed by atoms with Crippen molar-refractivity contribution in [3.8, 4) is 11.1 Å². The van der Waals surface area contributed by atoms with Gasteiger partial charge >= 0.3 is 0 Å². The van der Waals surface area contributed by atoms with Crippen LogP contribution in [0.2, 0.25) is 0 Å². The molecule has 0 saturated carbocycles. The van der Waals surface area contributed by atoms with Crippen molar-refractivity contribution < 1.29 is 0 Å². The van der Waals surface area contributed by atoms with Crippen LogP contribution in [-0.4, -0.2) is 0 Å². The third-order valence-corrected chi connectivity index (χ3v) is 3.94. The van der Waals surface area contributed by atoms with Crippen LogP contribution in [-0.2, 0) is 0 Å². The lowest BCUT2D eigenvalue weighted by Crippen LogP contribution is -1.83. The van der Waals surface area contributed by atoms with Gasteiger partial charge in [-0.05, 0) is 48.1 Å². The van der Waals surface area contributed by atoms with Crippen molar-refractivity contribution in [2.75, 3.05) is 0 Å². The van der Waals surface area contributed by atoms with E-state index in [0.29, 0.717) is 5.92 Å². The molecule has 0 aliphatic heterocycles. The van der Waals surface area contributed by atoms with Crippen LogP contribution in [0.3, 0.4) is 0 Å². The highest BCUT2D eigenvalue weighted by atomic mass is 32.2. The minimum Gasteiger partial charge on any atom is -0.223 e. The predicted octanol–water partition coefficient (Wildman–Crippen LogP) is 5.46. The number of hydrogen-bond acceptors (Lipinski definition) is 1. The van der Waals surface area contributed by atoms with Gasteiger partial charge in [0, 0.05) is 5.56 Å². The fraction of sp³-hybridized carbons (Fsp3) is 0.312. The zero-order valence-corrected chi connectivity index (χ0v) is 12.1. The van der Waals surface area contributed by atoms with Crippen molar-refractivity contribution >= 4 is 11.9 Å². The number of aryl methyl sites for hydroxylation is 2. The molecule has 0 bridgehead atoms. The fourth-order valence-electron chi connectivity index (χ4n) is 2.27. The zero-order valence-electron chi connectivity index (χ0n) is 11.2. The molecule has 0 saturated heterocycles. The first-order valence-corrected chi connectivity index (χ1v) is 6.89. The third kappa shape index (κ3) is 2.23. The molecule has 0 heterocycles. The van der Waals surface area contributed by atoms with Crippen LogP contribution in [0.1, 0.15) is 36.5 Å². The van der Waals surface area contributed by atoms with E-state index in [9.17, 15) is 0 Å². The van der Waals surface area contributed by atoms with Crippen LogP contribution in [0.15, 0.2) is 29.2 Å². The minimum absolute atomic E-state index is 0.520. The molecular weight excluding hydrogens is 238 g/mol. The third-order valence-electron chi connectivity index (χ3n) is 3.33. The molecule has 2 heteroatoms. The highest BCUT2D eigenvalue weighted by molar-refractivity contribution is 8.01. The van der Waals surface area contributed by atoms with Gasteiger partial charge in [-0.2, -0.15) is 0 Å². The van der Waals surface area contributed by atoms with E-state index in [0.717, 1.165) is 4.90 Å². The lowest BCUT2D eigenvalue weighted by Gasteiger charge is -2.03. The average molecular weight is 255 g/mol. The minimum atomic E-state index is 0.520. The predicted molar refractivity (Wildman–Crippen MR) is 79.1 cm³/mol. The van der Waals surface area contributed by atoms with Crippen LogP contribution in [0.25, 0.3) is 15.4 Å². The zero-order chi connectivity index (χ0) is 13.3. The summed E-state index contributed by atoms with van der Waals surface area (Å²) < 4.78 is 3.46. The molecule has 0 fully saturated rings. The summed E-state index contributed by atoms with van der Waals surface area (Å²) in [6.45, 7) is 15.7. The Labute approximate surface area is 114 Å². The molecule has 18 heavy (non-hydrogen) atoms. The summed E-state index contributed by atoms with van der Waals surface area (Å²) in [6, 6.07) is 8.78. The summed E-state index contributed by atoms with van der Waals surface area (Å²) >= 11 is 1.24. The van der Waals surface area contributed by atoms with Crippen LogP contribution in [0.5, 0.6) is 0 Å². The van der Waals surface area contributed by atoms with E-state index in [1.165, 1.54) is 39.8 Å². The van der Waals surface area contributed by atoms with Gasteiger partial charge in [0.1, 0.15) is 4.90 Å². The summed E-state index contributed by atoms with van der Waals surface area (Å²) in [4.78, 5) is 1.08. The van der Waals surface area contributed by atoms with Gasteiger partial charge in [0.2, 0.25) is 0 Å². The Morgan fingerprint density at radius 2 is 1.83 bits per heavy atom. The molecule has 2 aliphatic carbocycles. The molecule has 2 aliphatic rings. The van der Waals surface area contributed by atoms with Crippen molar-refractivity contribution in [1.82, 2.24) is 0 Å². The van der Waals surface area contributed by atoms with Crippen molar-refractivity contribution in [3.63, 3.8) is 0 Å². The van der Waals surface area contributed by atoms with Gasteiger partial charge in [-0.25, -0.2) is 10.8 Å². The lowest BCUT2D eigenvalue weighted by molar-refractivity contribution is 0.868. The van der Waals surface area contributed by atoms with E-state index in [2.05, 4.69) is 56.2 Å². The number of hydrogen-bond donors (Lipinski definition) is 0. The second kappa shape index (κ2) is 5.04. The second-order valence-electron chi connectivity index (χ2n) is 4.98. The maximum atomic E-state index is 7.04. The fourth-order valence-corrected chi connectivity index (χ4v) is 2.96. The largest absolute Gasteiger partial charge is 0.295 e. The van der Waals surface area contributed by atoms with Gasteiger partial charge in [0.05, 0.1) is 0 Å². The molecule has 0 aromatic heterocycles. The van der Waals surface area contributed by atoms with Crippen molar-refractivity contribution in [2.45, 2.75) is 38.5 Å². The Hall–Kier alpha value is -1.46. The summed E-state index contributed by atoms with van der Waals surface area (Å²) in [5, 5.41) is 0. The molecule has 0 aromatic carbocycles. The highest BCUT2D eigenvalue weighted by Gasteiger charge is 2.19. The molecule has 0 unspecified atom stereocenters. The van der Waals surface area contributed by atoms with Crippen molar-refractivity contribution in [3.05, 3.63) is 51.8 Å². The standard InChI is InChI=1S/C16H17NS/c1-10(2)13-7-6-11(3)16-14(9-13)12(4)8-15(16)18-17-5/h6-10H,1-4H3. The quantitative estimate of drug-likeness (QED) is 0.509. The Kier molecular flexibility index (Phi) is 3.63. The normalized spacial score (nSPS) is 10.9.